The Balaban J connectivity index is 0.00000225. The van der Waals surface area contributed by atoms with Gasteiger partial charge in [-0.25, -0.2) is 0 Å². The van der Waals surface area contributed by atoms with Crippen molar-refractivity contribution in [2.24, 2.45) is 5.73 Å². The molecule has 0 radical (unpaired) electrons. The maximum atomic E-state index is 12.8. The summed E-state index contributed by atoms with van der Waals surface area (Å²) in [6.07, 6.45) is 1.91. The number of hydrogen-bond donors (Lipinski definition) is 1. The number of nitrogens with two attached hydrogens (primary N) is 1. The van der Waals surface area contributed by atoms with Crippen molar-refractivity contribution in [2.75, 3.05) is 13.1 Å². The van der Waals surface area contributed by atoms with Crippen LogP contribution in [0.2, 0.25) is 0 Å². The molecule has 25 heavy (non-hydrogen) atoms. The molecule has 2 aromatic rings. The molecule has 1 aromatic heterocycles. The number of likely N-dealkylation sites (tertiary alicyclic amines) is 1. The lowest BCUT2D eigenvalue weighted by Gasteiger charge is -2.31. The van der Waals surface area contributed by atoms with Gasteiger partial charge in [0.2, 0.25) is 0 Å². The number of carbonyl (C=O) groups excluding carboxylic acids is 1. The normalized spacial score (nSPS) is 17.1. The lowest BCUT2D eigenvalue weighted by molar-refractivity contribution is 0.0704. The molecule has 1 aromatic carbocycles. The molecule has 1 saturated heterocycles. The zero-order valence-corrected chi connectivity index (χ0v) is 15.3. The second kappa shape index (κ2) is 8.36. The molecule has 2 N–H and O–H groups in total. The molecule has 1 atom stereocenters. The van der Waals surface area contributed by atoms with E-state index in [2.05, 4.69) is 5.16 Å². The van der Waals surface area contributed by atoms with Crippen molar-refractivity contribution in [1.82, 2.24) is 10.1 Å². The largest absolute Gasteiger partial charge is 0.488 e. The fourth-order valence-electron chi connectivity index (χ4n) is 2.99. The highest BCUT2D eigenvalue weighted by atomic mass is 35.5. The fraction of sp³-hybridized carbons (Fsp3) is 0.444. The first-order valence-corrected chi connectivity index (χ1v) is 8.24. The number of aryl methyl sites for hydroxylation is 2. The van der Waals surface area contributed by atoms with E-state index in [9.17, 15) is 4.79 Å². The van der Waals surface area contributed by atoms with E-state index >= 15 is 0 Å². The van der Waals surface area contributed by atoms with Gasteiger partial charge in [0.15, 0.2) is 0 Å². The van der Waals surface area contributed by atoms with Gasteiger partial charge < -0.3 is 19.9 Å². The van der Waals surface area contributed by atoms with Crippen LogP contribution in [0.5, 0.6) is 5.75 Å². The van der Waals surface area contributed by atoms with E-state index in [0.717, 1.165) is 36.4 Å². The highest BCUT2D eigenvalue weighted by Crippen LogP contribution is 2.24. The van der Waals surface area contributed by atoms with Crippen molar-refractivity contribution >= 4 is 18.3 Å². The summed E-state index contributed by atoms with van der Waals surface area (Å²) in [4.78, 5) is 14.6. The molecule has 1 aliphatic rings. The molecule has 1 fully saturated rings. The molecule has 1 aliphatic heterocycles. The molecule has 0 saturated carbocycles. The first kappa shape index (κ1) is 19.3. The quantitative estimate of drug-likeness (QED) is 0.900. The molecule has 6 nitrogen and oxygen atoms in total. The van der Waals surface area contributed by atoms with E-state index < -0.39 is 0 Å². The van der Waals surface area contributed by atoms with Gasteiger partial charge in [-0.2, -0.15) is 0 Å². The van der Waals surface area contributed by atoms with Crippen molar-refractivity contribution in [3.05, 3.63) is 46.8 Å². The Bertz CT molecular complexity index is 713. The lowest BCUT2D eigenvalue weighted by atomic mass is 10.0. The Hall–Kier alpha value is -2.05. The molecular formula is C18H24ClN3O3. The minimum absolute atomic E-state index is 0. The Morgan fingerprint density at radius 1 is 1.40 bits per heavy atom. The number of aromatic nitrogens is 1. The third kappa shape index (κ3) is 4.32. The van der Waals surface area contributed by atoms with Gasteiger partial charge in [0.05, 0.1) is 16.8 Å². The molecule has 0 spiro atoms. The Kier molecular flexibility index (Phi) is 6.45. The second-order valence-electron chi connectivity index (χ2n) is 6.24. The first-order chi connectivity index (χ1) is 11.6. The van der Waals surface area contributed by atoms with Crippen molar-refractivity contribution in [3.63, 3.8) is 0 Å². The molecule has 0 aliphatic carbocycles. The van der Waals surface area contributed by atoms with Gasteiger partial charge in [-0.05, 0) is 38.8 Å². The van der Waals surface area contributed by atoms with Gasteiger partial charge in [-0.1, -0.05) is 17.3 Å². The van der Waals surface area contributed by atoms with E-state index in [-0.39, 0.29) is 24.4 Å². The standard InChI is InChI=1S/C18H23N3O3.ClH/c1-12-16(13(2)24-20-12)11-23-17-8-4-3-7-15(17)18(22)21-9-5-6-14(19)10-21;/h3-4,7-8,14H,5-6,9-11,19H2,1-2H3;1H. The third-order valence-electron chi connectivity index (χ3n) is 4.42. The number of para-hydroxylation sites is 1. The highest BCUT2D eigenvalue weighted by Gasteiger charge is 2.24. The van der Waals surface area contributed by atoms with Crippen LogP contribution in [-0.4, -0.2) is 35.1 Å². The number of benzene rings is 1. The van der Waals surface area contributed by atoms with Gasteiger partial charge >= 0.3 is 0 Å². The Morgan fingerprint density at radius 3 is 2.84 bits per heavy atom. The van der Waals surface area contributed by atoms with Crippen LogP contribution in [0, 0.1) is 13.8 Å². The van der Waals surface area contributed by atoms with Crippen LogP contribution < -0.4 is 10.5 Å². The number of piperidine rings is 1. The summed E-state index contributed by atoms with van der Waals surface area (Å²) in [6, 6.07) is 7.37. The number of hydrogen-bond acceptors (Lipinski definition) is 5. The summed E-state index contributed by atoms with van der Waals surface area (Å²) in [6.45, 7) is 5.39. The van der Waals surface area contributed by atoms with E-state index in [4.69, 9.17) is 15.0 Å². The zero-order valence-electron chi connectivity index (χ0n) is 14.5. The van der Waals surface area contributed by atoms with E-state index in [0.29, 0.717) is 24.5 Å². The number of carbonyl (C=O) groups is 1. The monoisotopic (exact) mass is 365 g/mol. The highest BCUT2D eigenvalue weighted by molar-refractivity contribution is 5.97. The Labute approximate surface area is 153 Å². The van der Waals surface area contributed by atoms with Crippen LogP contribution in [-0.2, 0) is 6.61 Å². The molecule has 1 amide bonds. The third-order valence-corrected chi connectivity index (χ3v) is 4.42. The summed E-state index contributed by atoms with van der Waals surface area (Å²) in [5.41, 5.74) is 8.28. The molecular weight excluding hydrogens is 342 g/mol. The van der Waals surface area contributed by atoms with Crippen molar-refractivity contribution in [2.45, 2.75) is 39.3 Å². The molecule has 2 heterocycles. The summed E-state index contributed by atoms with van der Waals surface area (Å²) in [5.74, 6) is 1.28. The number of rotatable bonds is 4. The van der Waals surface area contributed by atoms with Gasteiger partial charge in [0, 0.05) is 19.1 Å². The van der Waals surface area contributed by atoms with Crippen LogP contribution >= 0.6 is 12.4 Å². The minimum atomic E-state index is -0.0282. The summed E-state index contributed by atoms with van der Waals surface area (Å²) < 4.78 is 11.1. The maximum absolute atomic E-state index is 12.8. The van der Waals surface area contributed by atoms with E-state index in [1.807, 2.05) is 36.9 Å². The van der Waals surface area contributed by atoms with Gasteiger partial charge in [-0.3, -0.25) is 4.79 Å². The fourth-order valence-corrected chi connectivity index (χ4v) is 2.99. The maximum Gasteiger partial charge on any atom is 0.257 e. The van der Waals surface area contributed by atoms with E-state index in [1.165, 1.54) is 0 Å². The Morgan fingerprint density at radius 2 is 2.16 bits per heavy atom. The number of amides is 1. The van der Waals surface area contributed by atoms with Crippen LogP contribution in [0.3, 0.4) is 0 Å². The van der Waals surface area contributed by atoms with Crippen LogP contribution in [0.25, 0.3) is 0 Å². The van der Waals surface area contributed by atoms with Crippen LogP contribution in [0.4, 0.5) is 0 Å². The van der Waals surface area contributed by atoms with Crippen molar-refractivity contribution in [3.8, 4) is 5.75 Å². The molecule has 1 unspecified atom stereocenters. The molecule has 0 bridgehead atoms. The SMILES string of the molecule is Cc1noc(C)c1COc1ccccc1C(=O)N1CCCC(N)C1.Cl. The van der Waals surface area contributed by atoms with Gasteiger partial charge in [0.25, 0.3) is 5.91 Å². The van der Waals surface area contributed by atoms with E-state index in [1.54, 1.807) is 6.07 Å². The number of nitrogens with zero attached hydrogens (tertiary/aromatic N) is 2. The zero-order chi connectivity index (χ0) is 17.1. The predicted molar refractivity (Wildman–Crippen MR) is 97.1 cm³/mol. The smallest absolute Gasteiger partial charge is 0.257 e. The molecule has 3 rings (SSSR count). The van der Waals surface area contributed by atoms with Crippen molar-refractivity contribution in [1.29, 1.82) is 0 Å². The number of halogens is 1. The second-order valence-corrected chi connectivity index (χ2v) is 6.24. The first-order valence-electron chi connectivity index (χ1n) is 8.24. The number of ether oxygens (including phenoxy) is 1. The topological polar surface area (TPSA) is 81.6 Å². The van der Waals surface area contributed by atoms with Crippen molar-refractivity contribution < 1.29 is 14.1 Å². The minimum Gasteiger partial charge on any atom is -0.488 e. The molecule has 7 heteroatoms. The van der Waals surface area contributed by atoms with Gasteiger partial charge in [0.1, 0.15) is 18.1 Å². The summed E-state index contributed by atoms with van der Waals surface area (Å²) in [5, 5.41) is 3.92. The summed E-state index contributed by atoms with van der Waals surface area (Å²) >= 11 is 0. The average molecular weight is 366 g/mol. The predicted octanol–water partition coefficient (Wildman–Crippen LogP) is 2.86. The van der Waals surface area contributed by atoms with Crippen LogP contribution in [0.1, 0.15) is 40.2 Å². The summed E-state index contributed by atoms with van der Waals surface area (Å²) in [7, 11) is 0. The lowest BCUT2D eigenvalue weighted by Crippen LogP contribution is -2.45. The average Bonchev–Trinajstić information content (AvgIpc) is 2.91. The van der Waals surface area contributed by atoms with Gasteiger partial charge in [-0.15, -0.1) is 12.4 Å². The van der Waals surface area contributed by atoms with Crippen LogP contribution in [0.15, 0.2) is 28.8 Å². The molecule has 136 valence electrons.